The summed E-state index contributed by atoms with van der Waals surface area (Å²) >= 11 is 0. The molecule has 0 aliphatic rings. The maximum atomic E-state index is 13.1. The van der Waals surface area contributed by atoms with Gasteiger partial charge in [-0.2, -0.15) is 0 Å². The van der Waals surface area contributed by atoms with E-state index in [1.54, 1.807) is 0 Å². The van der Waals surface area contributed by atoms with E-state index in [9.17, 15) is 43.2 Å². The second-order valence-corrected chi connectivity index (χ2v) is 31.1. The molecule has 546 valence electrons. The lowest BCUT2D eigenvalue weighted by atomic mass is 10.0. The van der Waals surface area contributed by atoms with Crippen molar-refractivity contribution in [3.63, 3.8) is 0 Å². The molecule has 3 unspecified atom stereocenters. The van der Waals surface area contributed by atoms with Gasteiger partial charge in [-0.25, -0.2) is 9.13 Å². The molecule has 5 atom stereocenters. The van der Waals surface area contributed by atoms with Crippen LogP contribution in [0.1, 0.15) is 364 Å². The molecule has 0 aromatic carbocycles. The third-order valence-corrected chi connectivity index (χ3v) is 18.7. The van der Waals surface area contributed by atoms with Crippen molar-refractivity contribution < 1.29 is 80.2 Å². The Hall–Kier alpha value is -1.94. The van der Waals surface area contributed by atoms with E-state index in [4.69, 9.17) is 37.0 Å². The molecule has 0 saturated carbocycles. The summed E-state index contributed by atoms with van der Waals surface area (Å²) in [5, 5.41) is 10.6. The molecule has 0 fully saturated rings. The Balaban J connectivity index is 5.26. The molecule has 0 amide bonds. The number of unbranched alkanes of at least 4 members (excludes halogenated alkanes) is 36. The van der Waals surface area contributed by atoms with Gasteiger partial charge in [0.1, 0.15) is 19.3 Å². The fourth-order valence-corrected chi connectivity index (χ4v) is 12.6. The van der Waals surface area contributed by atoms with Crippen LogP contribution in [0.25, 0.3) is 0 Å². The standard InChI is InChI=1S/C73H142O17P2/c1-63(2)49-41-33-25-18-12-9-10-14-21-29-37-45-53-70(75)83-59-68(89-72(77)55-47-39-30-22-15-11-13-19-26-34-42-50-64(3)4)61-87-91(79,80)85-57-67(74)58-86-92(81,82)88-62-69(60-84-71(76)54-46-38-32-24-28-36-44-52-66(7)8)90-73(78)56-48-40-31-23-17-16-20-27-35-43-51-65(5)6/h63-69,74H,9-62H2,1-8H3,(H,79,80)(H,81,82)/t67?,68-,69-/m1/s1. The average Bonchev–Trinajstić information content (AvgIpc) is 3.42. The minimum absolute atomic E-state index is 0.105. The highest BCUT2D eigenvalue weighted by atomic mass is 31.2. The van der Waals surface area contributed by atoms with Crippen molar-refractivity contribution in [2.75, 3.05) is 39.6 Å². The van der Waals surface area contributed by atoms with Crippen LogP contribution >= 0.6 is 15.6 Å². The second kappa shape index (κ2) is 62.6. The van der Waals surface area contributed by atoms with Gasteiger partial charge in [0, 0.05) is 25.7 Å². The minimum Gasteiger partial charge on any atom is -0.462 e. The molecule has 0 rings (SSSR count). The molecule has 0 aromatic heterocycles. The number of phosphoric ester groups is 2. The number of carbonyl (C=O) groups is 4. The molecule has 3 N–H and O–H groups in total. The van der Waals surface area contributed by atoms with E-state index >= 15 is 0 Å². The summed E-state index contributed by atoms with van der Waals surface area (Å²) in [6, 6.07) is 0. The summed E-state index contributed by atoms with van der Waals surface area (Å²) in [4.78, 5) is 72.7. The highest BCUT2D eigenvalue weighted by molar-refractivity contribution is 7.47. The normalized spacial score (nSPS) is 14.2. The van der Waals surface area contributed by atoms with Crippen molar-refractivity contribution in [1.29, 1.82) is 0 Å². The molecule has 0 bridgehead atoms. The lowest BCUT2D eigenvalue weighted by Gasteiger charge is -2.21. The summed E-state index contributed by atoms with van der Waals surface area (Å²) < 4.78 is 68.4. The first-order valence-electron chi connectivity index (χ1n) is 37.7. The molecule has 0 heterocycles. The van der Waals surface area contributed by atoms with Gasteiger partial charge in [-0.15, -0.1) is 0 Å². The predicted octanol–water partition coefficient (Wildman–Crippen LogP) is 20.9. The van der Waals surface area contributed by atoms with Gasteiger partial charge in [-0.3, -0.25) is 37.3 Å². The zero-order valence-electron chi connectivity index (χ0n) is 60.2. The zero-order valence-corrected chi connectivity index (χ0v) is 62.0. The predicted molar refractivity (Wildman–Crippen MR) is 372 cm³/mol. The van der Waals surface area contributed by atoms with E-state index in [1.165, 1.54) is 161 Å². The molecule has 0 aliphatic heterocycles. The second-order valence-electron chi connectivity index (χ2n) is 28.2. The zero-order chi connectivity index (χ0) is 68.2. The van der Waals surface area contributed by atoms with E-state index in [2.05, 4.69) is 55.4 Å². The quantitative estimate of drug-likeness (QED) is 0.0222. The maximum absolute atomic E-state index is 13.1. The van der Waals surface area contributed by atoms with Gasteiger partial charge < -0.3 is 33.8 Å². The van der Waals surface area contributed by atoms with Crippen LogP contribution in [0.3, 0.4) is 0 Å². The van der Waals surface area contributed by atoms with Crippen LogP contribution in [0.5, 0.6) is 0 Å². The third-order valence-electron chi connectivity index (χ3n) is 16.8. The van der Waals surface area contributed by atoms with Gasteiger partial charge in [0.15, 0.2) is 12.2 Å². The number of hydrogen-bond donors (Lipinski definition) is 3. The van der Waals surface area contributed by atoms with Crippen molar-refractivity contribution >= 4 is 39.5 Å². The summed E-state index contributed by atoms with van der Waals surface area (Å²) in [6.45, 7) is 14.1. The molecule has 0 spiro atoms. The Morgan fingerprint density at radius 1 is 0.272 bits per heavy atom. The lowest BCUT2D eigenvalue weighted by molar-refractivity contribution is -0.161. The van der Waals surface area contributed by atoms with E-state index < -0.39 is 97.5 Å². The van der Waals surface area contributed by atoms with Gasteiger partial charge in [-0.1, -0.05) is 312 Å². The molecular formula is C73H142O17P2. The van der Waals surface area contributed by atoms with Crippen molar-refractivity contribution in [1.82, 2.24) is 0 Å². The first kappa shape index (κ1) is 90.1. The largest absolute Gasteiger partial charge is 0.472 e. The summed E-state index contributed by atoms with van der Waals surface area (Å²) in [6.07, 6.45) is 45.8. The SMILES string of the molecule is CC(C)CCCCCCCCCCCCCCC(=O)OC[C@H](COP(=O)(O)OCC(O)COP(=O)(O)OC[C@@H](COC(=O)CCCCCCCCCC(C)C)OC(=O)CCCCCCCCCCCCC(C)C)OC(=O)CCCCCCCCCCCCCC(C)C. The Morgan fingerprint density at radius 2 is 0.457 bits per heavy atom. The fourth-order valence-electron chi connectivity index (χ4n) is 11.0. The monoisotopic (exact) mass is 1350 g/mol. The van der Waals surface area contributed by atoms with Crippen molar-refractivity contribution in [3.8, 4) is 0 Å². The Kier molecular flexibility index (Phi) is 61.3. The average molecular weight is 1350 g/mol. The molecule has 0 saturated heterocycles. The number of phosphoric acid groups is 2. The van der Waals surface area contributed by atoms with E-state index in [-0.39, 0.29) is 25.7 Å². The fraction of sp³-hybridized carbons (Fsp3) is 0.945. The molecule has 0 aromatic rings. The van der Waals surface area contributed by atoms with Gasteiger partial charge >= 0.3 is 39.5 Å². The topological polar surface area (TPSA) is 237 Å². The van der Waals surface area contributed by atoms with Crippen LogP contribution in [0, 0.1) is 23.7 Å². The highest BCUT2D eigenvalue weighted by Crippen LogP contribution is 2.45. The Labute approximate surface area is 562 Å². The number of carbonyl (C=O) groups excluding carboxylic acids is 4. The summed E-state index contributed by atoms with van der Waals surface area (Å²) in [5.74, 6) is 0.879. The first-order chi connectivity index (χ1) is 44.1. The molecular weight excluding hydrogens is 1210 g/mol. The molecule has 0 radical (unpaired) electrons. The van der Waals surface area contributed by atoms with E-state index in [1.807, 2.05) is 0 Å². The number of hydrogen-bond acceptors (Lipinski definition) is 15. The summed E-state index contributed by atoms with van der Waals surface area (Å²) in [7, 11) is -9.91. The van der Waals surface area contributed by atoms with Crippen LogP contribution in [-0.2, 0) is 65.4 Å². The van der Waals surface area contributed by atoms with Gasteiger partial charge in [0.2, 0.25) is 0 Å². The number of esters is 4. The van der Waals surface area contributed by atoms with Gasteiger partial charge in [0.25, 0.3) is 0 Å². The van der Waals surface area contributed by atoms with Crippen molar-refractivity contribution in [3.05, 3.63) is 0 Å². The Bertz CT molecular complexity index is 1820. The highest BCUT2D eigenvalue weighted by Gasteiger charge is 2.30. The third kappa shape index (κ3) is 66.7. The number of aliphatic hydroxyl groups excluding tert-OH is 1. The van der Waals surface area contributed by atoms with E-state index in [0.717, 1.165) is 114 Å². The number of rotatable bonds is 70. The van der Waals surface area contributed by atoms with Crippen molar-refractivity contribution in [2.24, 2.45) is 23.7 Å². The summed E-state index contributed by atoms with van der Waals surface area (Å²) in [5.41, 5.74) is 0. The molecule has 0 aliphatic carbocycles. The van der Waals surface area contributed by atoms with Gasteiger partial charge in [-0.05, 0) is 49.4 Å². The van der Waals surface area contributed by atoms with Crippen LogP contribution in [0.15, 0.2) is 0 Å². The van der Waals surface area contributed by atoms with Gasteiger partial charge in [0.05, 0.1) is 26.4 Å². The van der Waals surface area contributed by atoms with Crippen LogP contribution in [0.4, 0.5) is 0 Å². The van der Waals surface area contributed by atoms with Crippen LogP contribution in [-0.4, -0.2) is 96.7 Å². The number of ether oxygens (including phenoxy) is 4. The molecule has 17 nitrogen and oxygen atoms in total. The number of aliphatic hydroxyl groups is 1. The van der Waals surface area contributed by atoms with Crippen LogP contribution < -0.4 is 0 Å². The lowest BCUT2D eigenvalue weighted by Crippen LogP contribution is -2.30. The Morgan fingerprint density at radius 3 is 0.674 bits per heavy atom. The van der Waals surface area contributed by atoms with Crippen LogP contribution in [0.2, 0.25) is 0 Å². The molecule has 92 heavy (non-hydrogen) atoms. The van der Waals surface area contributed by atoms with E-state index in [0.29, 0.717) is 31.6 Å². The first-order valence-corrected chi connectivity index (χ1v) is 40.7. The smallest absolute Gasteiger partial charge is 0.462 e. The molecule has 19 heteroatoms. The maximum Gasteiger partial charge on any atom is 0.472 e. The minimum atomic E-state index is -4.96. The van der Waals surface area contributed by atoms with Crippen molar-refractivity contribution in [2.45, 2.75) is 382 Å².